The van der Waals surface area contributed by atoms with Crippen LogP contribution in [0.15, 0.2) is 73.1 Å². The number of carbonyl (C=O) groups is 2. The molecule has 130 valence electrons. The number of anilines is 2. The fourth-order valence-corrected chi connectivity index (χ4v) is 2.30. The molecule has 2 aromatic carbocycles. The number of hydrogen-bond donors (Lipinski definition) is 2. The molecule has 1 unspecified atom stereocenters. The highest BCUT2D eigenvalue weighted by Crippen LogP contribution is 2.22. The highest BCUT2D eigenvalue weighted by Gasteiger charge is 2.27. The van der Waals surface area contributed by atoms with E-state index in [0.717, 1.165) is 0 Å². The predicted molar refractivity (Wildman–Crippen MR) is 96.1 cm³/mol. The van der Waals surface area contributed by atoms with Crippen molar-refractivity contribution in [3.05, 3.63) is 84.3 Å². The molecule has 0 spiro atoms. The summed E-state index contributed by atoms with van der Waals surface area (Å²) in [6.07, 6.45) is 1.53. The van der Waals surface area contributed by atoms with Crippen LogP contribution in [0.5, 0.6) is 0 Å². The molecule has 1 amide bonds. The van der Waals surface area contributed by atoms with Gasteiger partial charge in [0.05, 0.1) is 0 Å². The van der Waals surface area contributed by atoms with Crippen LogP contribution in [0.3, 0.4) is 0 Å². The maximum absolute atomic E-state index is 12.7. The molecule has 7 nitrogen and oxygen atoms in total. The standard InChI is InChI=1S/C19H16N4O3/c20-17-15(21-11-12-22-17)19(25)26-16(13-7-3-1-4-8-13)18(24)23-14-9-5-2-6-10-14/h1-12,16H,(H2,20,22)(H,23,24). The molecule has 0 saturated heterocycles. The zero-order chi connectivity index (χ0) is 18.4. The van der Waals surface area contributed by atoms with Crippen molar-refractivity contribution in [2.24, 2.45) is 0 Å². The molecule has 3 aromatic rings. The molecule has 0 aliphatic heterocycles. The number of amides is 1. The lowest BCUT2D eigenvalue weighted by atomic mass is 10.1. The van der Waals surface area contributed by atoms with E-state index in [2.05, 4.69) is 15.3 Å². The SMILES string of the molecule is Nc1nccnc1C(=O)OC(C(=O)Nc1ccccc1)c1ccccc1. The Balaban J connectivity index is 1.85. The number of hydrogen-bond acceptors (Lipinski definition) is 6. The Labute approximate surface area is 149 Å². The maximum atomic E-state index is 12.7. The van der Waals surface area contributed by atoms with Gasteiger partial charge >= 0.3 is 5.97 Å². The second-order valence-corrected chi connectivity index (χ2v) is 5.34. The van der Waals surface area contributed by atoms with Gasteiger partial charge in [-0.15, -0.1) is 0 Å². The molecule has 7 heteroatoms. The van der Waals surface area contributed by atoms with Crippen molar-refractivity contribution in [1.29, 1.82) is 0 Å². The van der Waals surface area contributed by atoms with Gasteiger partial charge in [-0.2, -0.15) is 0 Å². The van der Waals surface area contributed by atoms with Crippen molar-refractivity contribution in [1.82, 2.24) is 9.97 Å². The molecule has 0 fully saturated rings. The summed E-state index contributed by atoms with van der Waals surface area (Å²) in [5.74, 6) is -1.38. The van der Waals surface area contributed by atoms with Gasteiger partial charge < -0.3 is 15.8 Å². The summed E-state index contributed by atoms with van der Waals surface area (Å²) in [5, 5.41) is 2.73. The van der Waals surface area contributed by atoms with E-state index >= 15 is 0 Å². The first-order valence-electron chi connectivity index (χ1n) is 7.83. The summed E-state index contributed by atoms with van der Waals surface area (Å²) in [7, 11) is 0. The smallest absolute Gasteiger partial charge is 0.361 e. The highest BCUT2D eigenvalue weighted by molar-refractivity contribution is 5.98. The summed E-state index contributed by atoms with van der Waals surface area (Å²) in [5.41, 5.74) is 6.64. The van der Waals surface area contributed by atoms with Gasteiger partial charge in [0.25, 0.3) is 5.91 Å². The highest BCUT2D eigenvalue weighted by atomic mass is 16.5. The minimum absolute atomic E-state index is 0.0622. The normalized spacial score (nSPS) is 11.4. The Hall–Kier alpha value is -3.74. The van der Waals surface area contributed by atoms with Crippen molar-refractivity contribution < 1.29 is 14.3 Å². The number of rotatable bonds is 5. The molecule has 1 atom stereocenters. The van der Waals surface area contributed by atoms with E-state index in [9.17, 15) is 9.59 Å². The van der Waals surface area contributed by atoms with Crippen molar-refractivity contribution in [3.63, 3.8) is 0 Å². The van der Waals surface area contributed by atoms with Gasteiger partial charge in [0, 0.05) is 23.6 Å². The van der Waals surface area contributed by atoms with Crippen LogP contribution in [0.4, 0.5) is 11.5 Å². The van der Waals surface area contributed by atoms with E-state index in [1.165, 1.54) is 12.4 Å². The Kier molecular flexibility index (Phi) is 5.19. The molecule has 3 N–H and O–H groups in total. The predicted octanol–water partition coefficient (Wildman–Crippen LogP) is 2.60. The van der Waals surface area contributed by atoms with Crippen LogP contribution in [0, 0.1) is 0 Å². The molecule has 0 bridgehead atoms. The summed E-state index contributed by atoms with van der Waals surface area (Å²) < 4.78 is 5.40. The molecule has 3 rings (SSSR count). The average molecular weight is 348 g/mol. The fraction of sp³-hybridized carbons (Fsp3) is 0.0526. The number of nitrogens with one attached hydrogen (secondary N) is 1. The monoisotopic (exact) mass is 348 g/mol. The lowest BCUT2D eigenvalue weighted by Crippen LogP contribution is -2.26. The Bertz CT molecular complexity index is 901. The van der Waals surface area contributed by atoms with E-state index in [-0.39, 0.29) is 11.5 Å². The van der Waals surface area contributed by atoms with Gasteiger partial charge in [-0.05, 0) is 12.1 Å². The third-order valence-corrected chi connectivity index (χ3v) is 3.53. The van der Waals surface area contributed by atoms with Gasteiger partial charge in [-0.1, -0.05) is 48.5 Å². The van der Waals surface area contributed by atoms with Crippen molar-refractivity contribution in [2.45, 2.75) is 6.10 Å². The molecule has 0 aliphatic carbocycles. The quantitative estimate of drug-likeness (QED) is 0.686. The van der Waals surface area contributed by atoms with Gasteiger partial charge in [0.1, 0.15) is 0 Å². The molecule has 1 heterocycles. The van der Waals surface area contributed by atoms with Crippen molar-refractivity contribution in [3.8, 4) is 0 Å². The van der Waals surface area contributed by atoms with Crippen LogP contribution >= 0.6 is 0 Å². The van der Waals surface area contributed by atoms with Crippen LogP contribution in [0.1, 0.15) is 22.2 Å². The fourth-order valence-electron chi connectivity index (χ4n) is 2.30. The van der Waals surface area contributed by atoms with E-state index in [1.54, 1.807) is 54.6 Å². The third kappa shape index (κ3) is 4.02. The second-order valence-electron chi connectivity index (χ2n) is 5.34. The van der Waals surface area contributed by atoms with E-state index in [0.29, 0.717) is 11.3 Å². The van der Waals surface area contributed by atoms with E-state index in [1.807, 2.05) is 6.07 Å². The zero-order valence-corrected chi connectivity index (χ0v) is 13.7. The van der Waals surface area contributed by atoms with Gasteiger partial charge in [-0.25, -0.2) is 14.8 Å². The van der Waals surface area contributed by atoms with E-state index < -0.39 is 18.0 Å². The number of nitrogens with zero attached hydrogens (tertiary/aromatic N) is 2. The Morgan fingerprint density at radius 2 is 1.54 bits per heavy atom. The van der Waals surface area contributed by atoms with Gasteiger partial charge in [0.15, 0.2) is 11.5 Å². The number of esters is 1. The lowest BCUT2D eigenvalue weighted by Gasteiger charge is -2.18. The average Bonchev–Trinajstić information content (AvgIpc) is 2.67. The van der Waals surface area contributed by atoms with Crippen LogP contribution < -0.4 is 11.1 Å². The first-order chi connectivity index (χ1) is 12.6. The van der Waals surface area contributed by atoms with Crippen LogP contribution in [-0.4, -0.2) is 21.8 Å². The number of aromatic nitrogens is 2. The summed E-state index contributed by atoms with van der Waals surface area (Å²) in [6, 6.07) is 17.6. The van der Waals surface area contributed by atoms with Crippen LogP contribution in [0.25, 0.3) is 0 Å². The third-order valence-electron chi connectivity index (χ3n) is 3.53. The summed E-state index contributed by atoms with van der Waals surface area (Å²) in [4.78, 5) is 32.8. The lowest BCUT2D eigenvalue weighted by molar-refractivity contribution is -0.125. The minimum atomic E-state index is -1.16. The molecule has 0 saturated carbocycles. The first kappa shape index (κ1) is 17.1. The van der Waals surface area contributed by atoms with Gasteiger partial charge in [0.2, 0.25) is 6.10 Å². The Morgan fingerprint density at radius 1 is 0.923 bits per heavy atom. The molecule has 1 aromatic heterocycles. The van der Waals surface area contributed by atoms with Crippen molar-refractivity contribution >= 4 is 23.4 Å². The zero-order valence-electron chi connectivity index (χ0n) is 13.7. The van der Waals surface area contributed by atoms with Gasteiger partial charge in [-0.3, -0.25) is 4.79 Å². The molecule has 26 heavy (non-hydrogen) atoms. The number of carbonyl (C=O) groups excluding carboxylic acids is 2. The Morgan fingerprint density at radius 3 is 2.19 bits per heavy atom. The van der Waals surface area contributed by atoms with Crippen LogP contribution in [0.2, 0.25) is 0 Å². The number of para-hydroxylation sites is 1. The largest absolute Gasteiger partial charge is 0.442 e. The molecule has 0 aliphatic rings. The van der Waals surface area contributed by atoms with Crippen molar-refractivity contribution in [2.75, 3.05) is 11.1 Å². The van der Waals surface area contributed by atoms with E-state index in [4.69, 9.17) is 10.5 Å². The first-order valence-corrected chi connectivity index (χ1v) is 7.83. The number of nitrogen functional groups attached to an aromatic ring is 1. The minimum Gasteiger partial charge on any atom is -0.442 e. The molecule has 0 radical (unpaired) electrons. The van der Waals surface area contributed by atoms with Crippen LogP contribution in [-0.2, 0) is 9.53 Å². The molecular formula is C19H16N4O3. The number of nitrogens with two attached hydrogens (primary N) is 1. The number of ether oxygens (including phenoxy) is 1. The maximum Gasteiger partial charge on any atom is 0.361 e. The summed E-state index contributed by atoms with van der Waals surface area (Å²) in [6.45, 7) is 0. The second kappa shape index (κ2) is 7.89. The topological polar surface area (TPSA) is 107 Å². The summed E-state index contributed by atoms with van der Waals surface area (Å²) >= 11 is 0. The molecular weight excluding hydrogens is 332 g/mol. The number of benzene rings is 2.